The molecule has 1 aliphatic heterocycles. The highest BCUT2D eigenvalue weighted by molar-refractivity contribution is 7.09. The van der Waals surface area contributed by atoms with Crippen LogP contribution < -0.4 is 10.1 Å². The van der Waals surface area contributed by atoms with E-state index in [0.29, 0.717) is 5.75 Å². The molecule has 3 atom stereocenters. The smallest absolute Gasteiger partial charge is 0.303 e. The molecule has 1 saturated heterocycles. The molecule has 7 heteroatoms. The standard InChI is InChI=1S/C17H18N2O4S/c1-10(20)23-17(2,11-4-6-12(22-3)7-5-11)14-15(19-16(14)21)13-8-18-9-24-13/h4-9,14-15H,1-3H3,(H,19,21)/t14-,15-,17-/m1/s1. The van der Waals surface area contributed by atoms with Gasteiger partial charge in [-0.25, -0.2) is 0 Å². The first-order valence-electron chi connectivity index (χ1n) is 7.48. The molecule has 24 heavy (non-hydrogen) atoms. The van der Waals surface area contributed by atoms with E-state index < -0.39 is 17.5 Å². The van der Waals surface area contributed by atoms with Gasteiger partial charge in [0.2, 0.25) is 5.91 Å². The minimum Gasteiger partial charge on any atom is -0.497 e. The molecule has 0 unspecified atom stereocenters. The molecule has 1 aliphatic rings. The molecule has 2 aromatic rings. The molecule has 1 aromatic carbocycles. The van der Waals surface area contributed by atoms with E-state index in [1.807, 2.05) is 12.1 Å². The summed E-state index contributed by atoms with van der Waals surface area (Å²) in [4.78, 5) is 29.0. The highest BCUT2D eigenvalue weighted by Crippen LogP contribution is 2.46. The van der Waals surface area contributed by atoms with Crippen molar-refractivity contribution in [2.75, 3.05) is 7.11 Å². The van der Waals surface area contributed by atoms with Crippen LogP contribution in [0.1, 0.15) is 30.3 Å². The molecule has 1 fully saturated rings. The Hall–Kier alpha value is -2.41. The van der Waals surface area contributed by atoms with Crippen LogP contribution in [0.25, 0.3) is 0 Å². The SMILES string of the molecule is COc1ccc([C@@](C)(OC(C)=O)[C@H]2C(=O)N[C@@H]2c2cncs2)cc1. The Bertz CT molecular complexity index is 744. The molecule has 1 aromatic heterocycles. The summed E-state index contributed by atoms with van der Waals surface area (Å²) in [7, 11) is 1.58. The lowest BCUT2D eigenvalue weighted by molar-refractivity contribution is -0.175. The summed E-state index contributed by atoms with van der Waals surface area (Å²) in [6.45, 7) is 3.12. The minimum atomic E-state index is -1.07. The van der Waals surface area contributed by atoms with Crippen LogP contribution in [0.3, 0.4) is 0 Å². The van der Waals surface area contributed by atoms with E-state index in [1.165, 1.54) is 18.3 Å². The van der Waals surface area contributed by atoms with Crippen LogP contribution in [0.4, 0.5) is 0 Å². The first-order valence-corrected chi connectivity index (χ1v) is 8.36. The Balaban J connectivity index is 2.00. The van der Waals surface area contributed by atoms with Crippen molar-refractivity contribution >= 4 is 23.2 Å². The van der Waals surface area contributed by atoms with Crippen molar-refractivity contribution in [2.24, 2.45) is 5.92 Å². The second kappa shape index (κ2) is 6.24. The number of esters is 1. The zero-order valence-corrected chi connectivity index (χ0v) is 14.4. The maximum absolute atomic E-state index is 12.3. The second-order valence-electron chi connectivity index (χ2n) is 5.80. The lowest BCUT2D eigenvalue weighted by Gasteiger charge is -2.46. The number of aromatic nitrogens is 1. The predicted octanol–water partition coefficient (Wildman–Crippen LogP) is 2.42. The van der Waals surface area contributed by atoms with Gasteiger partial charge in [0, 0.05) is 18.0 Å². The van der Waals surface area contributed by atoms with Gasteiger partial charge in [-0.1, -0.05) is 12.1 Å². The molecular weight excluding hydrogens is 328 g/mol. The first kappa shape index (κ1) is 16.4. The van der Waals surface area contributed by atoms with E-state index in [4.69, 9.17) is 9.47 Å². The van der Waals surface area contributed by atoms with E-state index in [2.05, 4.69) is 10.3 Å². The van der Waals surface area contributed by atoms with E-state index in [1.54, 1.807) is 37.9 Å². The van der Waals surface area contributed by atoms with Gasteiger partial charge in [-0.2, -0.15) is 0 Å². The van der Waals surface area contributed by atoms with E-state index in [0.717, 1.165) is 10.4 Å². The Kier molecular flexibility index (Phi) is 4.28. The number of carbonyl (C=O) groups excluding carboxylic acids is 2. The van der Waals surface area contributed by atoms with Gasteiger partial charge in [-0.05, 0) is 24.6 Å². The Labute approximate surface area is 143 Å². The third-order valence-corrected chi connectivity index (χ3v) is 5.14. The summed E-state index contributed by atoms with van der Waals surface area (Å²) < 4.78 is 10.8. The van der Waals surface area contributed by atoms with Crippen molar-refractivity contribution in [3.8, 4) is 5.75 Å². The summed E-state index contributed by atoms with van der Waals surface area (Å²) >= 11 is 1.46. The molecule has 0 bridgehead atoms. The number of nitrogens with zero attached hydrogens (tertiary/aromatic N) is 1. The molecule has 0 aliphatic carbocycles. The van der Waals surface area contributed by atoms with Gasteiger partial charge in [-0.3, -0.25) is 14.6 Å². The Morgan fingerprint density at radius 1 is 1.33 bits per heavy atom. The number of rotatable bonds is 5. The van der Waals surface area contributed by atoms with Gasteiger partial charge >= 0.3 is 5.97 Å². The van der Waals surface area contributed by atoms with E-state index in [9.17, 15) is 9.59 Å². The Morgan fingerprint density at radius 3 is 2.54 bits per heavy atom. The summed E-state index contributed by atoms with van der Waals surface area (Å²) in [6, 6.07) is 6.98. The quantitative estimate of drug-likeness (QED) is 0.664. The fourth-order valence-corrected chi connectivity index (χ4v) is 3.79. The fraction of sp³-hybridized carbons (Fsp3) is 0.353. The number of amides is 1. The maximum Gasteiger partial charge on any atom is 0.303 e. The highest BCUT2D eigenvalue weighted by Gasteiger charge is 2.55. The lowest BCUT2D eigenvalue weighted by Crippen LogP contribution is -2.60. The van der Waals surface area contributed by atoms with Gasteiger partial charge < -0.3 is 14.8 Å². The number of nitrogens with one attached hydrogen (secondary N) is 1. The van der Waals surface area contributed by atoms with Crippen molar-refractivity contribution in [3.05, 3.63) is 46.4 Å². The van der Waals surface area contributed by atoms with Crippen molar-refractivity contribution in [1.82, 2.24) is 10.3 Å². The monoisotopic (exact) mass is 346 g/mol. The third kappa shape index (κ3) is 2.75. The van der Waals surface area contributed by atoms with E-state index >= 15 is 0 Å². The summed E-state index contributed by atoms with van der Waals surface area (Å²) in [5.41, 5.74) is 1.38. The largest absolute Gasteiger partial charge is 0.497 e. The predicted molar refractivity (Wildman–Crippen MR) is 88.6 cm³/mol. The van der Waals surface area contributed by atoms with Crippen LogP contribution in [0.15, 0.2) is 36.0 Å². The molecule has 2 heterocycles. The van der Waals surface area contributed by atoms with Crippen LogP contribution >= 0.6 is 11.3 Å². The van der Waals surface area contributed by atoms with Crippen molar-refractivity contribution in [1.29, 1.82) is 0 Å². The molecule has 126 valence electrons. The van der Waals surface area contributed by atoms with Gasteiger partial charge in [0.05, 0.1) is 18.7 Å². The molecule has 0 radical (unpaired) electrons. The molecule has 3 rings (SSSR count). The summed E-state index contributed by atoms with van der Waals surface area (Å²) in [5, 5.41) is 2.88. The van der Waals surface area contributed by atoms with Crippen molar-refractivity contribution in [3.63, 3.8) is 0 Å². The average Bonchev–Trinajstić information content (AvgIpc) is 3.05. The molecular formula is C17H18N2O4S. The average molecular weight is 346 g/mol. The summed E-state index contributed by atoms with van der Waals surface area (Å²) in [6.07, 6.45) is 1.73. The molecule has 1 amide bonds. The van der Waals surface area contributed by atoms with Crippen LogP contribution in [-0.2, 0) is 19.9 Å². The number of benzene rings is 1. The maximum atomic E-state index is 12.3. The van der Waals surface area contributed by atoms with Crippen molar-refractivity contribution in [2.45, 2.75) is 25.5 Å². The number of hydrogen-bond acceptors (Lipinski definition) is 6. The van der Waals surface area contributed by atoms with Crippen LogP contribution in [-0.4, -0.2) is 24.0 Å². The zero-order chi connectivity index (χ0) is 17.3. The number of hydrogen-bond donors (Lipinski definition) is 1. The molecule has 6 nitrogen and oxygen atoms in total. The number of carbonyl (C=O) groups is 2. The van der Waals surface area contributed by atoms with Gasteiger partial charge in [-0.15, -0.1) is 11.3 Å². The number of thiazole rings is 1. The van der Waals surface area contributed by atoms with Gasteiger partial charge in [0.25, 0.3) is 0 Å². The number of methoxy groups -OCH3 is 1. The zero-order valence-electron chi connectivity index (χ0n) is 13.6. The lowest BCUT2D eigenvalue weighted by atomic mass is 9.72. The van der Waals surface area contributed by atoms with E-state index in [-0.39, 0.29) is 11.9 Å². The third-order valence-electron chi connectivity index (χ3n) is 4.28. The molecule has 0 spiro atoms. The second-order valence-corrected chi connectivity index (χ2v) is 6.71. The van der Waals surface area contributed by atoms with Crippen LogP contribution in [0, 0.1) is 5.92 Å². The summed E-state index contributed by atoms with van der Waals surface area (Å²) in [5.74, 6) is -0.403. The topological polar surface area (TPSA) is 77.5 Å². The first-order chi connectivity index (χ1) is 11.5. The molecule has 0 saturated carbocycles. The van der Waals surface area contributed by atoms with Gasteiger partial charge in [0.15, 0.2) is 0 Å². The normalized spacial score (nSPS) is 22.0. The van der Waals surface area contributed by atoms with Crippen LogP contribution in [0.5, 0.6) is 5.75 Å². The highest BCUT2D eigenvalue weighted by atomic mass is 32.1. The van der Waals surface area contributed by atoms with Crippen LogP contribution in [0.2, 0.25) is 0 Å². The number of β-lactam (4-membered cyclic amide) rings is 1. The van der Waals surface area contributed by atoms with Gasteiger partial charge in [0.1, 0.15) is 17.3 Å². The fourth-order valence-electron chi connectivity index (χ4n) is 3.09. The Morgan fingerprint density at radius 2 is 2.04 bits per heavy atom. The van der Waals surface area contributed by atoms with Crippen molar-refractivity contribution < 1.29 is 19.1 Å². The molecule has 1 N–H and O–H groups in total. The number of ether oxygens (including phenoxy) is 2. The minimum absolute atomic E-state index is 0.145.